The molecule has 0 saturated carbocycles. The molecule has 1 rings (SSSR count). The Kier molecular flexibility index (Phi) is 5.77. The average Bonchev–Trinajstić information content (AvgIpc) is 2.34. The van der Waals surface area contributed by atoms with Gasteiger partial charge in [0.05, 0.1) is 0 Å². The lowest BCUT2D eigenvalue weighted by molar-refractivity contribution is -0.133. The third kappa shape index (κ3) is 3.76. The summed E-state index contributed by atoms with van der Waals surface area (Å²) in [5.41, 5.74) is 0. The van der Waals surface area contributed by atoms with Gasteiger partial charge >= 0.3 is 0 Å². The molecule has 0 aromatic rings. The van der Waals surface area contributed by atoms with E-state index in [1.807, 2.05) is 18.9 Å². The van der Waals surface area contributed by atoms with Gasteiger partial charge in [0, 0.05) is 32.2 Å². The van der Waals surface area contributed by atoms with Gasteiger partial charge in [0.25, 0.3) is 0 Å². The summed E-state index contributed by atoms with van der Waals surface area (Å²) < 4.78 is 0. The fraction of sp³-hybridized carbons (Fsp3) is 0.917. The Morgan fingerprint density at radius 1 is 1.50 bits per heavy atom. The second kappa shape index (κ2) is 6.86. The number of nitrogens with one attached hydrogen (secondary N) is 1. The van der Waals surface area contributed by atoms with E-state index >= 15 is 0 Å². The van der Waals surface area contributed by atoms with E-state index in [1.54, 1.807) is 0 Å². The van der Waals surface area contributed by atoms with Gasteiger partial charge in [-0.05, 0) is 32.2 Å². The maximum absolute atomic E-state index is 11.7. The quantitative estimate of drug-likeness (QED) is 0.725. The average molecular weight is 228 g/mol. The van der Waals surface area contributed by atoms with E-state index in [2.05, 4.69) is 5.32 Å². The van der Waals surface area contributed by atoms with Gasteiger partial charge in [0.15, 0.2) is 0 Å². The molecule has 2 N–H and O–H groups in total. The summed E-state index contributed by atoms with van der Waals surface area (Å²) in [6.45, 7) is 3.86. The van der Waals surface area contributed by atoms with Gasteiger partial charge in [-0.15, -0.1) is 0 Å². The van der Waals surface area contributed by atoms with Crippen molar-refractivity contribution in [1.82, 2.24) is 10.2 Å². The van der Waals surface area contributed by atoms with Gasteiger partial charge in [-0.2, -0.15) is 0 Å². The molecule has 1 heterocycles. The maximum Gasteiger partial charge on any atom is 0.222 e. The number of carbonyl (C=O) groups is 1. The summed E-state index contributed by atoms with van der Waals surface area (Å²) in [7, 11) is 1.95. The van der Waals surface area contributed by atoms with Crippen LogP contribution < -0.4 is 5.32 Å². The van der Waals surface area contributed by atoms with Crippen molar-refractivity contribution in [2.45, 2.75) is 38.6 Å². The Morgan fingerprint density at radius 2 is 2.25 bits per heavy atom. The molecule has 4 nitrogen and oxygen atoms in total. The first-order valence-corrected chi connectivity index (χ1v) is 6.27. The number of hydrogen-bond donors (Lipinski definition) is 2. The molecule has 94 valence electrons. The van der Waals surface area contributed by atoms with Crippen LogP contribution in [0, 0.1) is 5.92 Å². The van der Waals surface area contributed by atoms with Crippen molar-refractivity contribution in [2.75, 3.05) is 26.7 Å². The first-order chi connectivity index (χ1) is 7.71. The van der Waals surface area contributed by atoms with Crippen LogP contribution in [0.1, 0.15) is 32.6 Å². The summed E-state index contributed by atoms with van der Waals surface area (Å²) in [4.78, 5) is 13.7. The number of likely N-dealkylation sites (N-methyl/N-ethyl adjacent to an activating group) is 1. The van der Waals surface area contributed by atoms with Gasteiger partial charge in [-0.25, -0.2) is 0 Å². The molecule has 4 heteroatoms. The van der Waals surface area contributed by atoms with Crippen molar-refractivity contribution in [3.63, 3.8) is 0 Å². The lowest BCUT2D eigenvalue weighted by Crippen LogP contribution is -2.50. The van der Waals surface area contributed by atoms with Gasteiger partial charge in [-0.1, -0.05) is 6.92 Å². The monoisotopic (exact) mass is 228 g/mol. The van der Waals surface area contributed by atoms with Crippen molar-refractivity contribution in [2.24, 2.45) is 5.92 Å². The number of piperidine rings is 1. The SMILES string of the molecule is CCC(=O)N1CC(CCCO)CC(NC)C1. The Hall–Kier alpha value is -0.610. The molecule has 1 aliphatic heterocycles. The fourth-order valence-electron chi connectivity index (χ4n) is 2.43. The molecule has 0 aromatic heterocycles. The smallest absolute Gasteiger partial charge is 0.222 e. The Labute approximate surface area is 98.0 Å². The predicted octanol–water partition coefficient (Wildman–Crippen LogP) is 0.605. The second-order valence-corrected chi connectivity index (χ2v) is 4.61. The third-order valence-electron chi connectivity index (χ3n) is 3.37. The summed E-state index contributed by atoms with van der Waals surface area (Å²) in [6.07, 6.45) is 3.56. The lowest BCUT2D eigenvalue weighted by atomic mass is 9.90. The number of rotatable bonds is 5. The third-order valence-corrected chi connectivity index (χ3v) is 3.37. The molecule has 1 saturated heterocycles. The van der Waals surface area contributed by atoms with Gasteiger partial charge in [-0.3, -0.25) is 4.79 Å². The van der Waals surface area contributed by atoms with Crippen molar-refractivity contribution in [3.8, 4) is 0 Å². The van der Waals surface area contributed by atoms with Crippen LogP contribution in [0.2, 0.25) is 0 Å². The number of nitrogens with zero attached hydrogens (tertiary/aromatic N) is 1. The number of likely N-dealkylation sites (tertiary alicyclic amines) is 1. The van der Waals surface area contributed by atoms with E-state index in [0.29, 0.717) is 18.4 Å². The molecule has 1 fully saturated rings. The minimum absolute atomic E-state index is 0.244. The van der Waals surface area contributed by atoms with Crippen LogP contribution in [-0.4, -0.2) is 48.7 Å². The van der Waals surface area contributed by atoms with E-state index in [9.17, 15) is 4.79 Å². The number of amides is 1. The highest BCUT2D eigenvalue weighted by molar-refractivity contribution is 5.76. The zero-order valence-electron chi connectivity index (χ0n) is 10.4. The number of aliphatic hydroxyl groups excluding tert-OH is 1. The van der Waals surface area contributed by atoms with Crippen molar-refractivity contribution in [3.05, 3.63) is 0 Å². The summed E-state index contributed by atoms with van der Waals surface area (Å²) in [5.74, 6) is 0.780. The van der Waals surface area contributed by atoms with Crippen LogP contribution in [0.25, 0.3) is 0 Å². The summed E-state index contributed by atoms with van der Waals surface area (Å²) >= 11 is 0. The largest absolute Gasteiger partial charge is 0.396 e. The molecule has 1 aliphatic rings. The highest BCUT2D eigenvalue weighted by Crippen LogP contribution is 2.21. The molecule has 2 atom stereocenters. The van der Waals surface area contributed by atoms with E-state index in [1.165, 1.54) is 0 Å². The lowest BCUT2D eigenvalue weighted by Gasteiger charge is -2.37. The topological polar surface area (TPSA) is 52.6 Å². The molecule has 0 radical (unpaired) electrons. The van der Waals surface area contributed by atoms with E-state index in [0.717, 1.165) is 32.4 Å². The van der Waals surface area contributed by atoms with Crippen molar-refractivity contribution < 1.29 is 9.90 Å². The van der Waals surface area contributed by atoms with Crippen molar-refractivity contribution >= 4 is 5.91 Å². The van der Waals surface area contributed by atoms with Crippen LogP contribution in [0.3, 0.4) is 0 Å². The highest BCUT2D eigenvalue weighted by atomic mass is 16.2. The molecule has 0 aliphatic carbocycles. The van der Waals surface area contributed by atoms with Crippen LogP contribution in [0.4, 0.5) is 0 Å². The minimum Gasteiger partial charge on any atom is -0.396 e. The second-order valence-electron chi connectivity index (χ2n) is 4.61. The minimum atomic E-state index is 0.244. The van der Waals surface area contributed by atoms with E-state index in [-0.39, 0.29) is 12.5 Å². The highest BCUT2D eigenvalue weighted by Gasteiger charge is 2.27. The summed E-state index contributed by atoms with van der Waals surface area (Å²) in [6, 6.07) is 0.410. The molecule has 0 aromatic carbocycles. The standard InChI is InChI=1S/C12H24N2O2/c1-3-12(16)14-8-10(5-4-6-15)7-11(9-14)13-2/h10-11,13,15H,3-9H2,1-2H3. The molecular weight excluding hydrogens is 204 g/mol. The van der Waals surface area contributed by atoms with E-state index < -0.39 is 0 Å². The molecule has 0 spiro atoms. The molecular formula is C12H24N2O2. The Morgan fingerprint density at radius 3 is 2.81 bits per heavy atom. The molecule has 1 amide bonds. The predicted molar refractivity (Wildman–Crippen MR) is 64.1 cm³/mol. The first-order valence-electron chi connectivity index (χ1n) is 6.27. The number of hydrogen-bond acceptors (Lipinski definition) is 3. The van der Waals surface area contributed by atoms with Crippen molar-refractivity contribution in [1.29, 1.82) is 0 Å². The van der Waals surface area contributed by atoms with Gasteiger partial charge < -0.3 is 15.3 Å². The van der Waals surface area contributed by atoms with Gasteiger partial charge in [0.2, 0.25) is 5.91 Å². The fourth-order valence-corrected chi connectivity index (χ4v) is 2.43. The Balaban J connectivity index is 2.50. The molecule has 2 unspecified atom stereocenters. The maximum atomic E-state index is 11.7. The van der Waals surface area contributed by atoms with Gasteiger partial charge in [0.1, 0.15) is 0 Å². The van der Waals surface area contributed by atoms with Crippen LogP contribution >= 0.6 is 0 Å². The van der Waals surface area contributed by atoms with Crippen LogP contribution in [-0.2, 0) is 4.79 Å². The van der Waals surface area contributed by atoms with Crippen LogP contribution in [0.15, 0.2) is 0 Å². The Bertz CT molecular complexity index is 221. The van der Waals surface area contributed by atoms with Crippen LogP contribution in [0.5, 0.6) is 0 Å². The molecule has 0 bridgehead atoms. The zero-order valence-corrected chi connectivity index (χ0v) is 10.4. The number of aliphatic hydroxyl groups is 1. The van der Waals surface area contributed by atoms with E-state index in [4.69, 9.17) is 5.11 Å². The molecule has 16 heavy (non-hydrogen) atoms. The first kappa shape index (κ1) is 13.5. The number of carbonyl (C=O) groups excluding carboxylic acids is 1. The summed E-state index contributed by atoms with van der Waals surface area (Å²) in [5, 5.41) is 12.1. The normalized spacial score (nSPS) is 25.8. The zero-order chi connectivity index (χ0) is 12.0.